The van der Waals surface area contributed by atoms with E-state index in [1.54, 1.807) is 12.1 Å². The minimum absolute atomic E-state index is 0.267. The Morgan fingerprint density at radius 3 is 2.38 bits per heavy atom. The van der Waals surface area contributed by atoms with Gasteiger partial charge in [0.05, 0.1) is 0 Å². The number of benzene rings is 2. The van der Waals surface area contributed by atoms with Gasteiger partial charge in [-0.2, -0.15) is 0 Å². The Labute approximate surface area is 153 Å². The number of amides is 1. The predicted octanol–water partition coefficient (Wildman–Crippen LogP) is 4.27. The van der Waals surface area contributed by atoms with E-state index in [-0.39, 0.29) is 11.6 Å². The third-order valence-corrected chi connectivity index (χ3v) is 4.47. The summed E-state index contributed by atoms with van der Waals surface area (Å²) in [6, 6.07) is 17.4. The molecule has 0 unspecified atom stereocenters. The maximum Gasteiger partial charge on any atom is 0.276 e. The highest BCUT2D eigenvalue weighted by atomic mass is 16.1. The maximum atomic E-state index is 12.4. The molecule has 0 aliphatic rings. The molecule has 5 heteroatoms. The molecular formula is C21H22N4O. The van der Waals surface area contributed by atoms with Gasteiger partial charge >= 0.3 is 0 Å². The number of nitrogens with one attached hydrogen (secondary N) is 2. The summed E-state index contributed by atoms with van der Waals surface area (Å²) in [5.74, 6) is 0.369. The number of carbonyl (C=O) groups is 1. The van der Waals surface area contributed by atoms with Crippen molar-refractivity contribution in [2.45, 2.75) is 27.3 Å². The number of rotatable bonds is 5. The Balaban J connectivity index is 1.64. The van der Waals surface area contributed by atoms with Crippen molar-refractivity contribution in [1.82, 2.24) is 10.2 Å². The number of nitrogens with zero attached hydrogens (tertiary/aromatic N) is 2. The molecule has 0 bridgehead atoms. The van der Waals surface area contributed by atoms with Crippen molar-refractivity contribution >= 4 is 17.4 Å². The topological polar surface area (TPSA) is 66.9 Å². The summed E-state index contributed by atoms with van der Waals surface area (Å²) in [6.45, 7) is 6.73. The van der Waals surface area contributed by atoms with Crippen LogP contribution in [0.2, 0.25) is 0 Å². The lowest BCUT2D eigenvalue weighted by Crippen LogP contribution is -2.15. The maximum absolute atomic E-state index is 12.4. The SMILES string of the molecule is Cc1ccccc1CNc1ccc(C(=O)Nc2cccc(C)c2C)nn1. The van der Waals surface area contributed by atoms with E-state index in [0.717, 1.165) is 16.8 Å². The fourth-order valence-corrected chi connectivity index (χ4v) is 2.61. The summed E-state index contributed by atoms with van der Waals surface area (Å²) in [5.41, 5.74) is 5.67. The van der Waals surface area contributed by atoms with Gasteiger partial charge in [0.15, 0.2) is 5.69 Å². The normalized spacial score (nSPS) is 10.4. The Kier molecular flexibility index (Phi) is 5.27. The third-order valence-electron chi connectivity index (χ3n) is 4.47. The molecular weight excluding hydrogens is 324 g/mol. The summed E-state index contributed by atoms with van der Waals surface area (Å²) in [5, 5.41) is 14.3. The second kappa shape index (κ2) is 7.78. The molecule has 1 heterocycles. The number of hydrogen-bond donors (Lipinski definition) is 2. The molecule has 0 fully saturated rings. The van der Waals surface area contributed by atoms with Crippen LogP contribution in [0.1, 0.15) is 32.7 Å². The van der Waals surface area contributed by atoms with Crippen LogP contribution in [0.15, 0.2) is 54.6 Å². The first kappa shape index (κ1) is 17.6. The lowest BCUT2D eigenvalue weighted by Gasteiger charge is -2.10. The van der Waals surface area contributed by atoms with E-state index < -0.39 is 0 Å². The first-order valence-corrected chi connectivity index (χ1v) is 8.54. The molecule has 0 aliphatic heterocycles. The number of aromatic nitrogens is 2. The van der Waals surface area contributed by atoms with Gasteiger partial charge < -0.3 is 10.6 Å². The zero-order valence-corrected chi connectivity index (χ0v) is 15.2. The van der Waals surface area contributed by atoms with Crippen LogP contribution in [-0.4, -0.2) is 16.1 Å². The Morgan fingerprint density at radius 2 is 1.65 bits per heavy atom. The highest BCUT2D eigenvalue weighted by molar-refractivity contribution is 6.03. The fourth-order valence-electron chi connectivity index (χ4n) is 2.61. The van der Waals surface area contributed by atoms with Crippen LogP contribution in [0.4, 0.5) is 11.5 Å². The molecule has 0 spiro atoms. The Hall–Kier alpha value is -3.21. The second-order valence-electron chi connectivity index (χ2n) is 6.29. The third kappa shape index (κ3) is 4.06. The quantitative estimate of drug-likeness (QED) is 0.724. The first-order valence-electron chi connectivity index (χ1n) is 8.54. The van der Waals surface area contributed by atoms with Gasteiger partial charge in [-0.15, -0.1) is 10.2 Å². The van der Waals surface area contributed by atoms with E-state index in [2.05, 4.69) is 39.9 Å². The van der Waals surface area contributed by atoms with Gasteiger partial charge in [0, 0.05) is 12.2 Å². The van der Waals surface area contributed by atoms with Crippen LogP contribution in [0, 0.1) is 20.8 Å². The van der Waals surface area contributed by atoms with Gasteiger partial charge in [0.2, 0.25) is 0 Å². The second-order valence-corrected chi connectivity index (χ2v) is 6.29. The summed E-state index contributed by atoms with van der Waals surface area (Å²) >= 11 is 0. The number of anilines is 2. The summed E-state index contributed by atoms with van der Waals surface area (Å²) in [7, 11) is 0. The number of carbonyl (C=O) groups excluding carboxylic acids is 1. The van der Waals surface area contributed by atoms with Gasteiger partial charge in [-0.05, 0) is 61.2 Å². The predicted molar refractivity (Wildman–Crippen MR) is 104 cm³/mol. The van der Waals surface area contributed by atoms with Crippen LogP contribution in [0.25, 0.3) is 0 Å². The molecule has 3 rings (SSSR count). The van der Waals surface area contributed by atoms with Crippen molar-refractivity contribution < 1.29 is 4.79 Å². The average Bonchev–Trinajstić information content (AvgIpc) is 2.65. The average molecular weight is 346 g/mol. The van der Waals surface area contributed by atoms with Gasteiger partial charge in [0.25, 0.3) is 5.91 Å². The van der Waals surface area contributed by atoms with Gasteiger partial charge in [0.1, 0.15) is 5.82 Å². The van der Waals surface area contributed by atoms with E-state index in [4.69, 9.17) is 0 Å². The van der Waals surface area contributed by atoms with Crippen LogP contribution in [0.3, 0.4) is 0 Å². The van der Waals surface area contributed by atoms with Gasteiger partial charge in [-0.25, -0.2) is 0 Å². The van der Waals surface area contributed by atoms with E-state index in [1.165, 1.54) is 11.1 Å². The zero-order valence-electron chi connectivity index (χ0n) is 15.2. The monoisotopic (exact) mass is 346 g/mol. The van der Waals surface area contributed by atoms with Crippen LogP contribution in [0.5, 0.6) is 0 Å². The molecule has 132 valence electrons. The highest BCUT2D eigenvalue weighted by Crippen LogP contribution is 2.18. The molecule has 3 aromatic rings. The molecule has 1 amide bonds. The molecule has 0 aliphatic carbocycles. The number of aryl methyl sites for hydroxylation is 2. The summed E-state index contributed by atoms with van der Waals surface area (Å²) in [6.07, 6.45) is 0. The van der Waals surface area contributed by atoms with Crippen LogP contribution >= 0.6 is 0 Å². The Morgan fingerprint density at radius 1 is 0.885 bits per heavy atom. The van der Waals surface area contributed by atoms with Crippen LogP contribution in [-0.2, 0) is 6.54 Å². The van der Waals surface area contributed by atoms with E-state index >= 15 is 0 Å². The van der Waals surface area contributed by atoms with Crippen molar-refractivity contribution in [1.29, 1.82) is 0 Å². The molecule has 26 heavy (non-hydrogen) atoms. The van der Waals surface area contributed by atoms with Crippen molar-refractivity contribution in [3.8, 4) is 0 Å². The molecule has 0 saturated carbocycles. The summed E-state index contributed by atoms with van der Waals surface area (Å²) in [4.78, 5) is 12.4. The van der Waals surface area contributed by atoms with Gasteiger partial charge in [-0.1, -0.05) is 36.4 Å². The zero-order chi connectivity index (χ0) is 18.5. The first-order chi connectivity index (χ1) is 12.5. The lowest BCUT2D eigenvalue weighted by atomic mass is 10.1. The molecule has 2 aromatic carbocycles. The van der Waals surface area contributed by atoms with Crippen molar-refractivity contribution in [3.05, 3.63) is 82.5 Å². The molecule has 1 aromatic heterocycles. The van der Waals surface area contributed by atoms with E-state index in [9.17, 15) is 4.79 Å². The van der Waals surface area contributed by atoms with Gasteiger partial charge in [-0.3, -0.25) is 4.79 Å². The molecule has 0 radical (unpaired) electrons. The summed E-state index contributed by atoms with van der Waals surface area (Å²) < 4.78 is 0. The van der Waals surface area contributed by atoms with Crippen molar-refractivity contribution in [3.63, 3.8) is 0 Å². The number of hydrogen-bond acceptors (Lipinski definition) is 4. The smallest absolute Gasteiger partial charge is 0.276 e. The Bertz CT molecular complexity index is 920. The lowest BCUT2D eigenvalue weighted by molar-refractivity contribution is 0.102. The van der Waals surface area contributed by atoms with E-state index in [1.807, 2.05) is 44.2 Å². The molecule has 5 nitrogen and oxygen atoms in total. The van der Waals surface area contributed by atoms with Crippen molar-refractivity contribution in [2.24, 2.45) is 0 Å². The standard InChI is InChI=1S/C21H22N4O/c1-14-8-6-10-18(16(14)3)23-21(26)19-11-12-20(25-24-19)22-13-17-9-5-4-7-15(17)2/h4-12H,13H2,1-3H3,(H,22,25)(H,23,26). The molecule has 0 atom stereocenters. The van der Waals surface area contributed by atoms with Crippen molar-refractivity contribution in [2.75, 3.05) is 10.6 Å². The highest BCUT2D eigenvalue weighted by Gasteiger charge is 2.11. The molecule has 2 N–H and O–H groups in total. The fraction of sp³-hybridized carbons (Fsp3) is 0.190. The molecule has 0 saturated heterocycles. The van der Waals surface area contributed by atoms with E-state index in [0.29, 0.717) is 12.4 Å². The minimum Gasteiger partial charge on any atom is -0.364 e. The van der Waals surface area contributed by atoms with Crippen LogP contribution < -0.4 is 10.6 Å². The minimum atomic E-state index is -0.267. The largest absolute Gasteiger partial charge is 0.364 e.